The monoisotopic (exact) mass is 885 g/mol. The molecule has 2 saturated heterocycles. The Morgan fingerprint density at radius 3 is 2.44 bits per heavy atom. The van der Waals surface area contributed by atoms with Crippen LogP contribution in [0, 0.1) is 11.8 Å². The van der Waals surface area contributed by atoms with Crippen molar-refractivity contribution in [2.24, 2.45) is 0 Å². The minimum atomic E-state index is -0.652. The summed E-state index contributed by atoms with van der Waals surface area (Å²) in [5.41, 5.74) is 5.08. The van der Waals surface area contributed by atoms with Crippen molar-refractivity contribution in [1.29, 1.82) is 0 Å². The molecule has 4 aromatic rings. The molecule has 0 bridgehead atoms. The number of carbonyl (C=O) groups is 5. The predicted molar refractivity (Wildman–Crippen MR) is 245 cm³/mol. The third-order valence-corrected chi connectivity index (χ3v) is 12.8. The van der Waals surface area contributed by atoms with Crippen molar-refractivity contribution < 1.29 is 24.0 Å². The molecule has 4 aliphatic rings. The zero-order chi connectivity index (χ0) is 44.7. The fourth-order valence-corrected chi connectivity index (χ4v) is 8.96. The molecule has 0 spiro atoms. The second-order valence-corrected chi connectivity index (χ2v) is 16.9. The minimum Gasteiger partial charge on any atom is -0.368 e. The molecule has 332 valence electrons. The first-order valence-corrected chi connectivity index (χ1v) is 22.2. The van der Waals surface area contributed by atoms with Crippen LogP contribution in [-0.4, -0.2) is 119 Å². The summed E-state index contributed by atoms with van der Waals surface area (Å²) in [6, 6.07) is 20.5. The van der Waals surface area contributed by atoms with Crippen LogP contribution in [0.4, 0.5) is 33.6 Å². The van der Waals surface area contributed by atoms with Gasteiger partial charge >= 0.3 is 6.03 Å². The Hall–Kier alpha value is -6.70. The van der Waals surface area contributed by atoms with E-state index >= 15 is 0 Å². The van der Waals surface area contributed by atoms with Crippen molar-refractivity contribution in [3.8, 4) is 11.8 Å². The summed E-state index contributed by atoms with van der Waals surface area (Å²) >= 11 is 6.41. The third kappa shape index (κ3) is 10.1. The average Bonchev–Trinajstić information content (AvgIpc) is 3.65. The number of amides is 6. The van der Waals surface area contributed by atoms with Crippen LogP contribution < -0.4 is 31.5 Å². The first-order chi connectivity index (χ1) is 31.0. The molecule has 6 amide bonds. The average molecular weight is 886 g/mol. The van der Waals surface area contributed by atoms with Gasteiger partial charge in [0, 0.05) is 93.7 Å². The lowest BCUT2D eigenvalue weighted by Gasteiger charge is -2.38. The Bertz CT molecular complexity index is 2470. The first-order valence-electron chi connectivity index (χ1n) is 21.8. The molecule has 5 N–H and O–H groups in total. The van der Waals surface area contributed by atoms with Crippen molar-refractivity contribution in [3.05, 3.63) is 100 Å². The Morgan fingerprint density at radius 2 is 1.69 bits per heavy atom. The summed E-state index contributed by atoms with van der Waals surface area (Å²) in [6.45, 7) is 3.81. The molecule has 0 radical (unpaired) electrons. The van der Waals surface area contributed by atoms with Crippen LogP contribution >= 0.6 is 11.6 Å². The molecular formula is C47H52ClN11O5. The summed E-state index contributed by atoms with van der Waals surface area (Å²) in [5, 5.41) is 15.0. The molecule has 1 atom stereocenters. The van der Waals surface area contributed by atoms with Crippen LogP contribution in [0.1, 0.15) is 76.8 Å². The van der Waals surface area contributed by atoms with E-state index in [1.54, 1.807) is 36.2 Å². The molecule has 3 fully saturated rings. The SMILES string of the molecule is CNC(=O)c1ccccc1Nc1nc(Nc2ccc(N3CCN(C(=O)NC4CCC(N(C)CCC#Cc5cccc6c5CN(C5CCC(=O)NC5=O)C6=O)CC4)CC3)cc2)ncc1Cl. The van der Waals surface area contributed by atoms with Gasteiger partial charge in [0.2, 0.25) is 17.8 Å². The Morgan fingerprint density at radius 1 is 0.922 bits per heavy atom. The number of piperidine rings is 1. The molecule has 8 rings (SSSR count). The summed E-state index contributed by atoms with van der Waals surface area (Å²) in [5.74, 6) is 6.13. The topological polar surface area (TPSA) is 184 Å². The maximum atomic E-state index is 13.3. The molecule has 3 aliphatic heterocycles. The van der Waals surface area contributed by atoms with E-state index in [9.17, 15) is 24.0 Å². The van der Waals surface area contributed by atoms with Crippen LogP contribution in [0.2, 0.25) is 5.02 Å². The van der Waals surface area contributed by atoms with E-state index in [0.29, 0.717) is 72.1 Å². The highest BCUT2D eigenvalue weighted by atomic mass is 35.5. The third-order valence-electron chi connectivity index (χ3n) is 12.5. The molecule has 16 nitrogen and oxygen atoms in total. The lowest BCUT2D eigenvalue weighted by molar-refractivity contribution is -0.136. The standard InChI is InChI=1S/C47H52ClN11O5/c1-49-43(61)36-10-3-4-12-39(36)53-42-38(48)28-50-46(55-42)51-31-15-19-34(20-16-31)57-24-26-58(27-25-57)47(64)52-32-13-17-33(18-14-32)56(2)23-6-5-8-30-9-7-11-35-37(30)29-59(45(35)63)40-21-22-41(60)54-44(40)62/h3-4,7,9-12,15-16,19-20,28,32-33,40H,6,13-14,17-18,21-27,29H2,1-2H3,(H,49,61)(H,52,64)(H,54,60,62)(H2,50,51,53,55). The number of rotatable bonds is 11. The minimum absolute atomic E-state index is 0.00505. The Kier molecular flexibility index (Phi) is 13.6. The van der Waals surface area contributed by atoms with Gasteiger partial charge in [-0.15, -0.1) is 0 Å². The number of fused-ring (bicyclic) bond motifs is 1. The van der Waals surface area contributed by atoms with Gasteiger partial charge in [0.05, 0.1) is 17.4 Å². The van der Waals surface area contributed by atoms with Gasteiger partial charge in [0.15, 0.2) is 5.82 Å². The number of nitrogens with one attached hydrogen (secondary N) is 5. The van der Waals surface area contributed by atoms with E-state index in [1.807, 2.05) is 47.4 Å². The summed E-state index contributed by atoms with van der Waals surface area (Å²) in [4.78, 5) is 79.9. The fourth-order valence-electron chi connectivity index (χ4n) is 8.82. The van der Waals surface area contributed by atoms with Crippen molar-refractivity contribution in [3.63, 3.8) is 0 Å². The van der Waals surface area contributed by atoms with Gasteiger partial charge in [0.1, 0.15) is 11.1 Å². The molecule has 1 unspecified atom stereocenters. The molecule has 1 aliphatic carbocycles. The lowest BCUT2D eigenvalue weighted by Crippen LogP contribution is -2.54. The summed E-state index contributed by atoms with van der Waals surface area (Å²) < 4.78 is 0. The molecular weight excluding hydrogens is 834 g/mol. The molecule has 1 aromatic heterocycles. The second kappa shape index (κ2) is 19.8. The van der Waals surface area contributed by atoms with Crippen LogP contribution in [-0.2, 0) is 16.1 Å². The van der Waals surface area contributed by atoms with E-state index in [0.717, 1.165) is 67.8 Å². The van der Waals surface area contributed by atoms with Gasteiger partial charge < -0.3 is 40.9 Å². The summed E-state index contributed by atoms with van der Waals surface area (Å²) in [6.07, 6.45) is 6.55. The van der Waals surface area contributed by atoms with E-state index in [1.165, 1.54) is 6.20 Å². The van der Waals surface area contributed by atoms with Gasteiger partial charge in [-0.1, -0.05) is 41.6 Å². The van der Waals surface area contributed by atoms with Gasteiger partial charge in [0.25, 0.3) is 11.8 Å². The number of hydrogen-bond acceptors (Lipinski definition) is 11. The Labute approximate surface area is 377 Å². The van der Waals surface area contributed by atoms with Crippen molar-refractivity contribution in [1.82, 2.24) is 40.6 Å². The number of hydrogen-bond donors (Lipinski definition) is 5. The second-order valence-electron chi connectivity index (χ2n) is 16.5. The van der Waals surface area contributed by atoms with Gasteiger partial charge in [-0.25, -0.2) is 9.78 Å². The van der Waals surface area contributed by atoms with Crippen LogP contribution in [0.25, 0.3) is 0 Å². The van der Waals surface area contributed by atoms with Crippen molar-refractivity contribution in [2.75, 3.05) is 62.4 Å². The summed E-state index contributed by atoms with van der Waals surface area (Å²) in [7, 11) is 3.71. The van der Waals surface area contributed by atoms with Crippen molar-refractivity contribution in [2.45, 2.75) is 69.6 Å². The van der Waals surface area contributed by atoms with Crippen LogP contribution in [0.3, 0.4) is 0 Å². The van der Waals surface area contributed by atoms with E-state index in [2.05, 4.69) is 65.2 Å². The van der Waals surface area contributed by atoms with E-state index in [-0.39, 0.29) is 36.2 Å². The van der Waals surface area contributed by atoms with E-state index in [4.69, 9.17) is 11.6 Å². The van der Waals surface area contributed by atoms with Crippen molar-refractivity contribution >= 4 is 70.1 Å². The lowest BCUT2D eigenvalue weighted by atomic mass is 9.90. The molecule has 4 heterocycles. The number of aromatic nitrogens is 2. The largest absolute Gasteiger partial charge is 0.368 e. The van der Waals surface area contributed by atoms with Gasteiger partial charge in [-0.05, 0) is 93.2 Å². The van der Waals surface area contributed by atoms with E-state index < -0.39 is 11.9 Å². The number of nitrogens with zero attached hydrogens (tertiary/aromatic N) is 6. The Balaban J connectivity index is 0.748. The number of halogens is 1. The maximum Gasteiger partial charge on any atom is 0.317 e. The highest BCUT2D eigenvalue weighted by molar-refractivity contribution is 6.33. The number of piperazine rings is 1. The first kappa shape index (κ1) is 43.9. The molecule has 3 aromatic carbocycles. The fraction of sp³-hybridized carbons (Fsp3) is 0.383. The van der Waals surface area contributed by atoms with Gasteiger partial charge in [-0.2, -0.15) is 4.98 Å². The number of anilines is 5. The predicted octanol–water partition coefficient (Wildman–Crippen LogP) is 5.25. The van der Waals surface area contributed by atoms with Crippen LogP contribution in [0.5, 0.6) is 0 Å². The smallest absolute Gasteiger partial charge is 0.317 e. The quantitative estimate of drug-likeness (QED) is 0.0980. The number of para-hydroxylation sites is 1. The highest BCUT2D eigenvalue weighted by Crippen LogP contribution is 2.31. The molecule has 1 saturated carbocycles. The molecule has 64 heavy (non-hydrogen) atoms. The normalized spacial score (nSPS) is 19.7. The highest BCUT2D eigenvalue weighted by Gasteiger charge is 2.39. The van der Waals surface area contributed by atoms with Gasteiger partial charge in [-0.3, -0.25) is 24.5 Å². The number of carbonyl (C=O) groups excluding carboxylic acids is 5. The van der Waals surface area contributed by atoms with Crippen LogP contribution in [0.15, 0.2) is 72.9 Å². The number of imide groups is 1. The zero-order valence-electron chi connectivity index (χ0n) is 36.0. The number of benzene rings is 3. The number of urea groups is 1. The molecule has 17 heteroatoms. The maximum absolute atomic E-state index is 13.3. The zero-order valence-corrected chi connectivity index (χ0v) is 36.7.